The van der Waals surface area contributed by atoms with Gasteiger partial charge >= 0.3 is 0 Å². The Morgan fingerprint density at radius 3 is 2.57 bits per heavy atom. The van der Waals surface area contributed by atoms with E-state index < -0.39 is 0 Å². The molecular formula is C16H16Cl2N2O2S. The van der Waals surface area contributed by atoms with Crippen LogP contribution in [0.1, 0.15) is 24.8 Å². The van der Waals surface area contributed by atoms with Crippen LogP contribution in [0.2, 0.25) is 10.0 Å². The van der Waals surface area contributed by atoms with E-state index in [9.17, 15) is 9.59 Å². The third-order valence-electron chi connectivity index (χ3n) is 3.91. The molecule has 0 radical (unpaired) electrons. The molecule has 0 saturated carbocycles. The number of piperidine rings is 1. The predicted molar refractivity (Wildman–Crippen MR) is 94.6 cm³/mol. The summed E-state index contributed by atoms with van der Waals surface area (Å²) in [6.07, 6.45) is 5.10. The van der Waals surface area contributed by atoms with Crippen molar-refractivity contribution in [3.05, 3.63) is 38.7 Å². The van der Waals surface area contributed by atoms with Crippen LogP contribution in [0.5, 0.6) is 0 Å². The Bertz CT molecular complexity index is 672. The standard InChI is InChI=1S/C16H16Cl2N2O2S/c17-12-5-4-11(13(18)9-12)8-14-15(21)20(16(22)23-14)10-19-6-2-1-3-7-19/h4-5,8-9H,1-3,6-7,10H2/b14-8+. The van der Waals surface area contributed by atoms with Crippen LogP contribution in [-0.4, -0.2) is 40.7 Å². The van der Waals surface area contributed by atoms with E-state index >= 15 is 0 Å². The smallest absolute Gasteiger partial charge is 0.286 e. The van der Waals surface area contributed by atoms with Crippen LogP contribution >= 0.6 is 35.0 Å². The van der Waals surface area contributed by atoms with Crippen LogP contribution in [0, 0.1) is 0 Å². The first-order chi connectivity index (χ1) is 11.0. The van der Waals surface area contributed by atoms with E-state index in [1.54, 1.807) is 24.3 Å². The molecule has 2 aliphatic heterocycles. The van der Waals surface area contributed by atoms with Crippen molar-refractivity contribution in [2.24, 2.45) is 0 Å². The second kappa shape index (κ2) is 7.26. The van der Waals surface area contributed by atoms with Crippen molar-refractivity contribution in [3.8, 4) is 0 Å². The maximum atomic E-state index is 12.5. The lowest BCUT2D eigenvalue weighted by molar-refractivity contribution is -0.124. The van der Waals surface area contributed by atoms with Gasteiger partial charge in [0.25, 0.3) is 11.1 Å². The van der Waals surface area contributed by atoms with Gasteiger partial charge in [0.1, 0.15) is 0 Å². The molecule has 0 bridgehead atoms. The number of halogens is 2. The molecule has 1 aromatic rings. The minimum absolute atomic E-state index is 0.225. The number of hydrogen-bond donors (Lipinski definition) is 0. The van der Waals surface area contributed by atoms with Crippen molar-refractivity contribution in [2.45, 2.75) is 19.3 Å². The van der Waals surface area contributed by atoms with E-state index in [4.69, 9.17) is 23.2 Å². The molecule has 122 valence electrons. The van der Waals surface area contributed by atoms with Gasteiger partial charge in [0.15, 0.2) is 0 Å². The van der Waals surface area contributed by atoms with Gasteiger partial charge in [0, 0.05) is 10.0 Å². The summed E-state index contributed by atoms with van der Waals surface area (Å²) < 4.78 is 0. The summed E-state index contributed by atoms with van der Waals surface area (Å²) in [4.78, 5) is 28.5. The lowest BCUT2D eigenvalue weighted by Gasteiger charge is -2.29. The molecule has 0 unspecified atom stereocenters. The first-order valence-electron chi connectivity index (χ1n) is 7.47. The van der Waals surface area contributed by atoms with Crippen LogP contribution in [0.15, 0.2) is 23.1 Å². The molecule has 4 nitrogen and oxygen atoms in total. The molecule has 0 atom stereocenters. The Morgan fingerprint density at radius 2 is 1.87 bits per heavy atom. The fourth-order valence-corrected chi connectivity index (χ4v) is 3.97. The molecule has 0 aromatic heterocycles. The number of rotatable bonds is 3. The van der Waals surface area contributed by atoms with E-state index in [-0.39, 0.29) is 11.1 Å². The average molecular weight is 371 g/mol. The quantitative estimate of drug-likeness (QED) is 0.735. The number of imide groups is 1. The van der Waals surface area contributed by atoms with Crippen molar-refractivity contribution in [1.82, 2.24) is 9.80 Å². The molecule has 2 fully saturated rings. The minimum atomic E-state index is -0.253. The van der Waals surface area contributed by atoms with Crippen molar-refractivity contribution >= 4 is 52.2 Å². The van der Waals surface area contributed by atoms with Gasteiger partial charge in [-0.25, -0.2) is 0 Å². The van der Waals surface area contributed by atoms with Crippen LogP contribution in [0.25, 0.3) is 6.08 Å². The fraction of sp³-hybridized carbons (Fsp3) is 0.375. The van der Waals surface area contributed by atoms with Gasteiger partial charge in [0.05, 0.1) is 11.6 Å². The van der Waals surface area contributed by atoms with Crippen molar-refractivity contribution in [2.75, 3.05) is 19.8 Å². The molecule has 3 rings (SSSR count). The summed E-state index contributed by atoms with van der Waals surface area (Å²) >= 11 is 13.0. The van der Waals surface area contributed by atoms with Crippen LogP contribution < -0.4 is 0 Å². The highest BCUT2D eigenvalue weighted by atomic mass is 35.5. The summed E-state index contributed by atoms with van der Waals surface area (Å²) in [5.74, 6) is -0.253. The second-order valence-electron chi connectivity index (χ2n) is 5.60. The van der Waals surface area contributed by atoms with Gasteiger partial charge in [-0.05, 0) is 61.5 Å². The zero-order valence-electron chi connectivity index (χ0n) is 12.4. The normalized spacial score (nSPS) is 21.5. The largest absolute Gasteiger partial charge is 0.294 e. The van der Waals surface area contributed by atoms with Crippen LogP contribution in [0.4, 0.5) is 4.79 Å². The first kappa shape index (κ1) is 16.8. The second-order valence-corrected chi connectivity index (χ2v) is 7.43. The van der Waals surface area contributed by atoms with Crippen molar-refractivity contribution in [1.29, 1.82) is 0 Å². The molecule has 0 spiro atoms. The highest BCUT2D eigenvalue weighted by Crippen LogP contribution is 2.34. The highest BCUT2D eigenvalue weighted by molar-refractivity contribution is 8.18. The lowest BCUT2D eigenvalue weighted by Crippen LogP contribution is -2.42. The number of carbonyl (C=O) groups is 2. The number of amides is 2. The summed E-state index contributed by atoms with van der Waals surface area (Å²) in [5.41, 5.74) is 0.680. The van der Waals surface area contributed by atoms with Gasteiger partial charge in [-0.2, -0.15) is 0 Å². The Kier molecular flexibility index (Phi) is 5.31. The third-order valence-corrected chi connectivity index (χ3v) is 5.38. The molecule has 23 heavy (non-hydrogen) atoms. The SMILES string of the molecule is O=C1S/C(=C/c2ccc(Cl)cc2Cl)C(=O)N1CN1CCCCC1. The van der Waals surface area contributed by atoms with E-state index in [0.717, 1.165) is 37.7 Å². The van der Waals surface area contributed by atoms with E-state index in [2.05, 4.69) is 4.90 Å². The van der Waals surface area contributed by atoms with E-state index in [1.807, 2.05) is 0 Å². The third kappa shape index (κ3) is 3.91. The summed E-state index contributed by atoms with van der Waals surface area (Å²) in [6.45, 7) is 2.24. The van der Waals surface area contributed by atoms with Gasteiger partial charge in [-0.15, -0.1) is 0 Å². The van der Waals surface area contributed by atoms with Crippen molar-refractivity contribution in [3.63, 3.8) is 0 Å². The first-order valence-corrected chi connectivity index (χ1v) is 9.04. The maximum absolute atomic E-state index is 12.5. The Hall–Kier alpha value is -1.01. The van der Waals surface area contributed by atoms with E-state index in [0.29, 0.717) is 27.2 Å². The molecule has 1 aromatic carbocycles. The number of carbonyl (C=O) groups excluding carboxylic acids is 2. The predicted octanol–water partition coefficient (Wildman–Crippen LogP) is 4.47. The summed E-state index contributed by atoms with van der Waals surface area (Å²) in [5, 5.41) is 0.766. The monoisotopic (exact) mass is 370 g/mol. The number of hydrogen-bond acceptors (Lipinski definition) is 4. The minimum Gasteiger partial charge on any atom is -0.286 e. The molecule has 2 heterocycles. The Morgan fingerprint density at radius 1 is 1.13 bits per heavy atom. The van der Waals surface area contributed by atoms with Gasteiger partial charge in [0.2, 0.25) is 0 Å². The molecule has 0 aliphatic carbocycles. The maximum Gasteiger partial charge on any atom is 0.294 e. The number of thioether (sulfide) groups is 1. The zero-order chi connectivity index (χ0) is 16.4. The number of benzene rings is 1. The van der Waals surface area contributed by atoms with Crippen molar-refractivity contribution < 1.29 is 9.59 Å². The average Bonchev–Trinajstić information content (AvgIpc) is 2.79. The zero-order valence-corrected chi connectivity index (χ0v) is 14.8. The number of nitrogens with zero attached hydrogens (tertiary/aromatic N) is 2. The fourth-order valence-electron chi connectivity index (χ4n) is 2.68. The van der Waals surface area contributed by atoms with Gasteiger partial charge in [-0.3, -0.25) is 19.4 Å². The van der Waals surface area contributed by atoms with E-state index in [1.165, 1.54) is 11.3 Å². The van der Waals surface area contributed by atoms with Crippen LogP contribution in [0.3, 0.4) is 0 Å². The molecule has 0 N–H and O–H groups in total. The summed E-state index contributed by atoms with van der Waals surface area (Å²) in [6, 6.07) is 5.06. The van der Waals surface area contributed by atoms with Gasteiger partial charge in [-0.1, -0.05) is 35.7 Å². The molecule has 7 heteroatoms. The molecule has 2 aliphatic rings. The lowest BCUT2D eigenvalue weighted by atomic mass is 10.1. The molecule has 2 amide bonds. The highest BCUT2D eigenvalue weighted by Gasteiger charge is 2.36. The van der Waals surface area contributed by atoms with Gasteiger partial charge < -0.3 is 0 Å². The Balaban J connectivity index is 1.76. The van der Waals surface area contributed by atoms with Crippen LogP contribution in [-0.2, 0) is 4.79 Å². The molecular weight excluding hydrogens is 355 g/mol. The molecule has 2 saturated heterocycles. The summed E-state index contributed by atoms with van der Waals surface area (Å²) in [7, 11) is 0. The topological polar surface area (TPSA) is 40.6 Å². The Labute approximate surface area is 149 Å². The number of likely N-dealkylation sites (tertiary alicyclic amines) is 1.